The Bertz CT molecular complexity index is 405. The molecule has 0 aliphatic carbocycles. The van der Waals surface area contributed by atoms with E-state index in [1.165, 1.54) is 6.08 Å². The van der Waals surface area contributed by atoms with Crippen molar-refractivity contribution < 1.29 is 4.39 Å². The van der Waals surface area contributed by atoms with E-state index >= 15 is 0 Å². The SMILES string of the molecule is C=C(C)/C=C(F)\C(=C/C)c1ncccn1. The Morgan fingerprint density at radius 3 is 2.47 bits per heavy atom. The molecule has 1 rings (SSSR count). The van der Waals surface area contributed by atoms with Crippen molar-refractivity contribution in [1.29, 1.82) is 0 Å². The van der Waals surface area contributed by atoms with Crippen molar-refractivity contribution in [2.75, 3.05) is 0 Å². The molecule has 0 saturated carbocycles. The van der Waals surface area contributed by atoms with Crippen LogP contribution in [0.5, 0.6) is 0 Å². The van der Waals surface area contributed by atoms with Crippen LogP contribution in [0, 0.1) is 0 Å². The van der Waals surface area contributed by atoms with Crippen LogP contribution in [0.2, 0.25) is 0 Å². The largest absolute Gasteiger partial charge is 0.237 e. The van der Waals surface area contributed by atoms with E-state index in [4.69, 9.17) is 0 Å². The molecule has 0 bridgehead atoms. The highest BCUT2D eigenvalue weighted by Gasteiger charge is 2.08. The van der Waals surface area contributed by atoms with Gasteiger partial charge in [-0.15, -0.1) is 0 Å². The lowest BCUT2D eigenvalue weighted by molar-refractivity contribution is 0.670. The van der Waals surface area contributed by atoms with E-state index in [1.807, 2.05) is 0 Å². The first-order valence-electron chi connectivity index (χ1n) is 4.62. The Balaban J connectivity index is 3.07. The number of rotatable bonds is 3. The van der Waals surface area contributed by atoms with Crippen molar-refractivity contribution in [3.05, 3.63) is 54.4 Å². The monoisotopic (exact) mass is 204 g/mol. The standard InChI is InChI=1S/C12H13FN2/c1-4-10(11(13)8-9(2)3)12-14-6-5-7-15-12/h4-8H,2H2,1,3H3/b10-4+,11-8+. The van der Waals surface area contributed by atoms with Crippen LogP contribution in [0.1, 0.15) is 19.7 Å². The second-order valence-corrected chi connectivity index (χ2v) is 3.11. The highest BCUT2D eigenvalue weighted by atomic mass is 19.1. The molecule has 0 saturated heterocycles. The Morgan fingerprint density at radius 1 is 1.40 bits per heavy atom. The number of aromatic nitrogens is 2. The predicted molar refractivity (Wildman–Crippen MR) is 59.7 cm³/mol. The number of hydrogen-bond acceptors (Lipinski definition) is 2. The molecule has 1 aromatic heterocycles. The summed E-state index contributed by atoms with van der Waals surface area (Å²) in [5.74, 6) is 0.0196. The van der Waals surface area contributed by atoms with Crippen molar-refractivity contribution in [2.24, 2.45) is 0 Å². The molecule has 15 heavy (non-hydrogen) atoms. The van der Waals surface area contributed by atoms with E-state index in [0.717, 1.165) is 0 Å². The van der Waals surface area contributed by atoms with Crippen molar-refractivity contribution >= 4 is 5.57 Å². The smallest absolute Gasteiger partial charge is 0.161 e. The summed E-state index contributed by atoms with van der Waals surface area (Å²) in [6.45, 7) is 7.10. The maximum Gasteiger partial charge on any atom is 0.161 e. The van der Waals surface area contributed by atoms with Gasteiger partial charge in [-0.1, -0.05) is 18.2 Å². The summed E-state index contributed by atoms with van der Waals surface area (Å²) < 4.78 is 13.7. The minimum atomic E-state index is -0.365. The summed E-state index contributed by atoms with van der Waals surface area (Å²) in [4.78, 5) is 7.98. The van der Waals surface area contributed by atoms with Gasteiger partial charge in [-0.2, -0.15) is 0 Å². The zero-order valence-corrected chi connectivity index (χ0v) is 8.87. The average molecular weight is 204 g/mol. The summed E-state index contributed by atoms with van der Waals surface area (Å²) in [7, 11) is 0. The third-order valence-electron chi connectivity index (χ3n) is 1.73. The molecule has 1 aromatic rings. The van der Waals surface area contributed by atoms with Gasteiger partial charge in [-0.05, 0) is 26.0 Å². The van der Waals surface area contributed by atoms with Crippen LogP contribution in [0.15, 0.2) is 48.6 Å². The molecule has 0 atom stereocenters. The first-order valence-corrected chi connectivity index (χ1v) is 4.62. The predicted octanol–water partition coefficient (Wildman–Crippen LogP) is 3.31. The van der Waals surface area contributed by atoms with E-state index in [2.05, 4.69) is 16.5 Å². The van der Waals surface area contributed by atoms with Gasteiger partial charge in [0.05, 0.1) is 5.57 Å². The quantitative estimate of drug-likeness (QED) is 0.706. The van der Waals surface area contributed by atoms with Gasteiger partial charge in [0, 0.05) is 12.4 Å². The fourth-order valence-corrected chi connectivity index (χ4v) is 1.11. The van der Waals surface area contributed by atoms with Gasteiger partial charge >= 0.3 is 0 Å². The second kappa shape index (κ2) is 5.20. The molecule has 0 fully saturated rings. The lowest BCUT2D eigenvalue weighted by atomic mass is 10.1. The Hall–Kier alpha value is -1.77. The summed E-state index contributed by atoms with van der Waals surface area (Å²) >= 11 is 0. The normalized spacial score (nSPS) is 12.7. The highest BCUT2D eigenvalue weighted by Crippen LogP contribution is 2.21. The first kappa shape index (κ1) is 11.3. The molecule has 0 aromatic carbocycles. The summed E-state index contributed by atoms with van der Waals surface area (Å²) in [5, 5.41) is 0. The van der Waals surface area contributed by atoms with Crippen molar-refractivity contribution in [3.8, 4) is 0 Å². The van der Waals surface area contributed by atoms with Crippen molar-refractivity contribution in [1.82, 2.24) is 9.97 Å². The molecule has 78 valence electrons. The van der Waals surface area contributed by atoms with Crippen LogP contribution in [-0.2, 0) is 0 Å². The molecule has 0 amide bonds. The van der Waals surface area contributed by atoms with Crippen LogP contribution in [0.3, 0.4) is 0 Å². The molecule has 0 N–H and O–H groups in total. The molecule has 1 heterocycles. The topological polar surface area (TPSA) is 25.8 Å². The highest BCUT2D eigenvalue weighted by molar-refractivity contribution is 5.73. The van der Waals surface area contributed by atoms with Gasteiger partial charge in [0.2, 0.25) is 0 Å². The Labute approximate surface area is 88.9 Å². The third kappa shape index (κ3) is 3.13. The van der Waals surface area contributed by atoms with Gasteiger partial charge in [-0.25, -0.2) is 14.4 Å². The molecular weight excluding hydrogens is 191 g/mol. The fourth-order valence-electron chi connectivity index (χ4n) is 1.11. The van der Waals surface area contributed by atoms with E-state index in [1.54, 1.807) is 38.4 Å². The Morgan fingerprint density at radius 2 is 2.00 bits per heavy atom. The number of hydrogen-bond donors (Lipinski definition) is 0. The summed E-state index contributed by atoms with van der Waals surface area (Å²) in [6, 6.07) is 1.69. The summed E-state index contributed by atoms with van der Waals surface area (Å²) in [6.07, 6.45) is 6.18. The molecule has 0 aliphatic heterocycles. The van der Waals surface area contributed by atoms with Crippen LogP contribution in [0.4, 0.5) is 4.39 Å². The van der Waals surface area contributed by atoms with E-state index in [9.17, 15) is 4.39 Å². The fraction of sp³-hybridized carbons (Fsp3) is 0.167. The van der Waals surface area contributed by atoms with Gasteiger partial charge in [0.15, 0.2) is 5.82 Å². The summed E-state index contributed by atoms with van der Waals surface area (Å²) in [5.41, 5.74) is 1.04. The number of nitrogens with zero attached hydrogens (tertiary/aromatic N) is 2. The zero-order chi connectivity index (χ0) is 11.3. The van der Waals surface area contributed by atoms with Gasteiger partial charge in [0.25, 0.3) is 0 Å². The van der Waals surface area contributed by atoms with Gasteiger partial charge in [0.1, 0.15) is 5.83 Å². The van der Waals surface area contributed by atoms with Crippen molar-refractivity contribution in [2.45, 2.75) is 13.8 Å². The lowest BCUT2D eigenvalue weighted by Crippen LogP contribution is -1.93. The van der Waals surface area contributed by atoms with E-state index in [-0.39, 0.29) is 5.83 Å². The lowest BCUT2D eigenvalue weighted by Gasteiger charge is -2.02. The van der Waals surface area contributed by atoms with Gasteiger partial charge < -0.3 is 0 Å². The minimum absolute atomic E-state index is 0.365. The Kier molecular flexibility index (Phi) is 3.92. The zero-order valence-electron chi connectivity index (χ0n) is 8.87. The molecule has 3 heteroatoms. The first-order chi connectivity index (χ1) is 7.15. The molecule has 0 radical (unpaired) electrons. The molecule has 2 nitrogen and oxygen atoms in total. The van der Waals surface area contributed by atoms with Crippen LogP contribution in [-0.4, -0.2) is 9.97 Å². The van der Waals surface area contributed by atoms with Crippen LogP contribution < -0.4 is 0 Å². The average Bonchev–Trinajstić information content (AvgIpc) is 2.19. The molecule has 0 aliphatic rings. The van der Waals surface area contributed by atoms with Crippen LogP contribution >= 0.6 is 0 Å². The molecule has 0 spiro atoms. The van der Waals surface area contributed by atoms with Crippen molar-refractivity contribution in [3.63, 3.8) is 0 Å². The van der Waals surface area contributed by atoms with Gasteiger partial charge in [-0.3, -0.25) is 0 Å². The van der Waals surface area contributed by atoms with Crippen LogP contribution in [0.25, 0.3) is 5.57 Å². The molecular formula is C12H13FN2. The maximum atomic E-state index is 13.7. The third-order valence-corrected chi connectivity index (χ3v) is 1.73. The second-order valence-electron chi connectivity index (χ2n) is 3.11. The van der Waals surface area contributed by atoms with E-state index in [0.29, 0.717) is 17.0 Å². The van der Waals surface area contributed by atoms with E-state index < -0.39 is 0 Å². The number of halogens is 1. The minimum Gasteiger partial charge on any atom is -0.237 e. The molecule has 0 unspecified atom stereocenters. The number of allylic oxidation sites excluding steroid dienone is 5. The maximum absolute atomic E-state index is 13.7.